The highest BCUT2D eigenvalue weighted by Crippen LogP contribution is 2.22. The summed E-state index contributed by atoms with van der Waals surface area (Å²) in [5, 5.41) is 2.92. The first-order chi connectivity index (χ1) is 11.2. The molecule has 0 spiro atoms. The highest BCUT2D eigenvalue weighted by Gasteiger charge is 2.18. The van der Waals surface area contributed by atoms with Crippen LogP contribution in [-0.4, -0.2) is 24.5 Å². The molecule has 0 aliphatic heterocycles. The van der Waals surface area contributed by atoms with Crippen molar-refractivity contribution in [2.45, 2.75) is 63.8 Å². The third kappa shape index (κ3) is 4.57. The van der Waals surface area contributed by atoms with Crippen molar-refractivity contribution in [3.05, 3.63) is 34.9 Å². The molecule has 0 bridgehead atoms. The largest absolute Gasteiger partial charge is 0.455 e. The molecule has 23 heavy (non-hydrogen) atoms. The number of nitrogens with one attached hydrogen (secondary N) is 1. The number of amides is 1. The number of ether oxygens (including phenoxy) is 1. The summed E-state index contributed by atoms with van der Waals surface area (Å²) < 4.78 is 5.11. The number of esters is 1. The van der Waals surface area contributed by atoms with Gasteiger partial charge in [-0.25, -0.2) is 0 Å². The van der Waals surface area contributed by atoms with E-state index in [2.05, 4.69) is 17.4 Å². The minimum absolute atomic E-state index is 0.166. The van der Waals surface area contributed by atoms with Crippen molar-refractivity contribution in [2.24, 2.45) is 0 Å². The van der Waals surface area contributed by atoms with Gasteiger partial charge in [-0.1, -0.05) is 31.0 Å². The molecule has 1 fully saturated rings. The summed E-state index contributed by atoms with van der Waals surface area (Å²) in [5.41, 5.74) is 3.75. The van der Waals surface area contributed by atoms with Crippen LogP contribution in [0, 0.1) is 0 Å². The number of hydrogen-bond acceptors (Lipinski definition) is 3. The Kier molecular flexibility index (Phi) is 5.31. The van der Waals surface area contributed by atoms with Gasteiger partial charge < -0.3 is 10.1 Å². The van der Waals surface area contributed by atoms with Crippen LogP contribution >= 0.6 is 0 Å². The summed E-state index contributed by atoms with van der Waals surface area (Å²) >= 11 is 0. The van der Waals surface area contributed by atoms with Crippen LogP contribution in [0.25, 0.3) is 0 Å². The predicted octanol–water partition coefficient (Wildman–Crippen LogP) is 2.71. The van der Waals surface area contributed by atoms with Crippen molar-refractivity contribution in [1.29, 1.82) is 0 Å². The molecule has 1 aromatic carbocycles. The lowest BCUT2D eigenvalue weighted by atomic mass is 9.90. The van der Waals surface area contributed by atoms with Gasteiger partial charge in [0.2, 0.25) is 0 Å². The van der Waals surface area contributed by atoms with Crippen LogP contribution in [0.3, 0.4) is 0 Å². The highest BCUT2D eigenvalue weighted by atomic mass is 16.5. The van der Waals surface area contributed by atoms with Gasteiger partial charge in [0.1, 0.15) is 0 Å². The van der Waals surface area contributed by atoms with Gasteiger partial charge in [-0.3, -0.25) is 9.59 Å². The zero-order chi connectivity index (χ0) is 16.1. The van der Waals surface area contributed by atoms with E-state index >= 15 is 0 Å². The maximum absolute atomic E-state index is 11.9. The fraction of sp³-hybridized carbons (Fsp3) is 0.579. The summed E-state index contributed by atoms with van der Waals surface area (Å²) in [6.07, 6.45) is 9.37. The van der Waals surface area contributed by atoms with E-state index in [4.69, 9.17) is 4.74 Å². The van der Waals surface area contributed by atoms with Crippen LogP contribution in [0.4, 0.5) is 0 Å². The predicted molar refractivity (Wildman–Crippen MR) is 88.1 cm³/mol. The second-order valence-corrected chi connectivity index (χ2v) is 6.70. The van der Waals surface area contributed by atoms with Crippen molar-refractivity contribution in [1.82, 2.24) is 5.32 Å². The maximum Gasteiger partial charge on any atom is 0.310 e. The zero-order valence-corrected chi connectivity index (χ0v) is 13.6. The summed E-state index contributed by atoms with van der Waals surface area (Å²) in [4.78, 5) is 23.7. The van der Waals surface area contributed by atoms with Crippen LogP contribution in [-0.2, 0) is 33.6 Å². The van der Waals surface area contributed by atoms with Crippen molar-refractivity contribution in [3.8, 4) is 0 Å². The van der Waals surface area contributed by atoms with E-state index in [1.807, 2.05) is 6.07 Å². The van der Waals surface area contributed by atoms with E-state index in [1.165, 1.54) is 36.8 Å². The van der Waals surface area contributed by atoms with Gasteiger partial charge in [0, 0.05) is 6.04 Å². The summed E-state index contributed by atoms with van der Waals surface area (Å²) in [6.45, 7) is -0.166. The average Bonchev–Trinajstić information content (AvgIpc) is 3.06. The molecule has 0 saturated heterocycles. The van der Waals surface area contributed by atoms with Crippen LogP contribution in [0.5, 0.6) is 0 Å². The van der Waals surface area contributed by atoms with Crippen molar-refractivity contribution in [3.63, 3.8) is 0 Å². The number of rotatable bonds is 5. The monoisotopic (exact) mass is 315 g/mol. The second kappa shape index (κ2) is 7.62. The van der Waals surface area contributed by atoms with E-state index in [9.17, 15) is 9.59 Å². The molecule has 4 heteroatoms. The molecule has 1 amide bonds. The Hall–Kier alpha value is -1.84. The summed E-state index contributed by atoms with van der Waals surface area (Å²) in [7, 11) is 0. The molecule has 3 rings (SSSR count). The SMILES string of the molecule is O=C(COC(=O)Cc1ccc2c(c1)CCCC2)NC1CCCC1. The fourth-order valence-corrected chi connectivity index (χ4v) is 3.60. The average molecular weight is 315 g/mol. The van der Waals surface area contributed by atoms with Gasteiger partial charge in [0.25, 0.3) is 5.91 Å². The van der Waals surface area contributed by atoms with Gasteiger partial charge in [-0.15, -0.1) is 0 Å². The Labute approximate surface area is 137 Å². The third-order valence-electron chi connectivity index (χ3n) is 4.85. The minimum atomic E-state index is -0.331. The lowest BCUT2D eigenvalue weighted by molar-refractivity contribution is -0.148. The molecule has 0 radical (unpaired) electrons. The van der Waals surface area contributed by atoms with Gasteiger partial charge in [-0.2, -0.15) is 0 Å². The highest BCUT2D eigenvalue weighted by molar-refractivity contribution is 5.81. The van der Waals surface area contributed by atoms with Crippen molar-refractivity contribution < 1.29 is 14.3 Å². The Morgan fingerprint density at radius 3 is 2.57 bits per heavy atom. The molecule has 0 aromatic heterocycles. The first kappa shape index (κ1) is 16.0. The summed E-state index contributed by atoms with van der Waals surface area (Å²) in [5.74, 6) is -0.516. The van der Waals surface area contributed by atoms with E-state index in [-0.39, 0.29) is 30.9 Å². The lowest BCUT2D eigenvalue weighted by Crippen LogP contribution is -2.36. The van der Waals surface area contributed by atoms with Crippen molar-refractivity contribution in [2.75, 3.05) is 6.61 Å². The lowest BCUT2D eigenvalue weighted by Gasteiger charge is -2.16. The maximum atomic E-state index is 11.9. The number of benzene rings is 1. The van der Waals surface area contributed by atoms with E-state index in [1.54, 1.807) is 0 Å². The normalized spacial score (nSPS) is 17.6. The van der Waals surface area contributed by atoms with Gasteiger partial charge >= 0.3 is 5.97 Å². The Bertz CT molecular complexity index is 576. The second-order valence-electron chi connectivity index (χ2n) is 6.70. The number of carbonyl (C=O) groups is 2. The first-order valence-electron chi connectivity index (χ1n) is 8.76. The molecular formula is C19H25NO3. The van der Waals surface area contributed by atoms with Gasteiger partial charge in [0.15, 0.2) is 6.61 Å². The van der Waals surface area contributed by atoms with Crippen LogP contribution in [0.1, 0.15) is 55.2 Å². The molecule has 2 aliphatic carbocycles. The number of fused-ring (bicyclic) bond motifs is 1. The quantitative estimate of drug-likeness (QED) is 0.850. The number of hydrogen-bond donors (Lipinski definition) is 1. The van der Waals surface area contributed by atoms with E-state index in [0.717, 1.165) is 31.2 Å². The zero-order valence-electron chi connectivity index (χ0n) is 13.6. The van der Waals surface area contributed by atoms with Crippen molar-refractivity contribution >= 4 is 11.9 Å². The molecule has 2 aliphatic rings. The fourth-order valence-electron chi connectivity index (χ4n) is 3.60. The first-order valence-corrected chi connectivity index (χ1v) is 8.76. The Balaban J connectivity index is 1.44. The summed E-state index contributed by atoms with van der Waals surface area (Å²) in [6, 6.07) is 6.52. The molecule has 1 saturated carbocycles. The third-order valence-corrected chi connectivity index (χ3v) is 4.85. The molecule has 0 heterocycles. The van der Waals surface area contributed by atoms with E-state index in [0.29, 0.717) is 0 Å². The number of carbonyl (C=O) groups excluding carboxylic acids is 2. The smallest absolute Gasteiger partial charge is 0.310 e. The molecule has 0 unspecified atom stereocenters. The van der Waals surface area contributed by atoms with E-state index < -0.39 is 0 Å². The molecule has 4 nitrogen and oxygen atoms in total. The van der Waals surface area contributed by atoms with Crippen LogP contribution < -0.4 is 5.32 Å². The topological polar surface area (TPSA) is 55.4 Å². The molecule has 124 valence electrons. The van der Waals surface area contributed by atoms with Crippen LogP contribution in [0.2, 0.25) is 0 Å². The molecule has 1 aromatic rings. The Morgan fingerprint density at radius 1 is 1.04 bits per heavy atom. The minimum Gasteiger partial charge on any atom is -0.455 e. The standard InChI is InChI=1S/C19H25NO3/c21-18(20-17-7-3-4-8-17)13-23-19(22)12-14-9-10-15-5-1-2-6-16(15)11-14/h9-11,17H,1-8,12-13H2,(H,20,21). The molecular weight excluding hydrogens is 290 g/mol. The molecule has 0 atom stereocenters. The van der Waals surface area contributed by atoms with Gasteiger partial charge in [0.05, 0.1) is 6.42 Å². The Morgan fingerprint density at radius 2 is 1.78 bits per heavy atom. The molecule has 1 N–H and O–H groups in total. The van der Waals surface area contributed by atoms with Gasteiger partial charge in [-0.05, 0) is 55.2 Å². The van der Waals surface area contributed by atoms with Crippen LogP contribution in [0.15, 0.2) is 18.2 Å². The number of aryl methyl sites for hydroxylation is 2.